The first-order chi connectivity index (χ1) is 7.20. The van der Waals surface area contributed by atoms with Gasteiger partial charge in [-0.1, -0.05) is 63.9 Å². The Morgan fingerprint density at radius 2 is 1.60 bits per heavy atom. The van der Waals surface area contributed by atoms with E-state index in [9.17, 15) is 0 Å². The first kappa shape index (κ1) is 12.3. The lowest BCUT2D eigenvalue weighted by Crippen LogP contribution is -2.13. The minimum atomic E-state index is 0.564. The van der Waals surface area contributed by atoms with Gasteiger partial charge in [0.05, 0.1) is 0 Å². The largest absolute Gasteiger partial charge is 0.0649 e. The van der Waals surface area contributed by atoms with Gasteiger partial charge in [-0.15, -0.1) is 0 Å². The Labute approximate surface area is 94.7 Å². The third kappa shape index (κ3) is 4.07. The maximum absolute atomic E-state index is 2.41. The van der Waals surface area contributed by atoms with Crippen LogP contribution in [-0.2, 0) is 6.42 Å². The zero-order chi connectivity index (χ0) is 11.1. The van der Waals surface area contributed by atoms with E-state index in [-0.39, 0.29) is 0 Å². The molecule has 1 rings (SSSR count). The van der Waals surface area contributed by atoms with Crippen molar-refractivity contribution >= 4 is 0 Å². The zero-order valence-electron chi connectivity index (χ0n) is 10.4. The van der Waals surface area contributed by atoms with Crippen molar-refractivity contribution in [3.05, 3.63) is 35.9 Å². The molecule has 0 unspecified atom stereocenters. The highest BCUT2D eigenvalue weighted by Crippen LogP contribution is 2.31. The highest BCUT2D eigenvalue weighted by molar-refractivity contribution is 5.14. The van der Waals surface area contributed by atoms with Gasteiger partial charge in [0.25, 0.3) is 0 Å². The molecule has 1 aromatic carbocycles. The van der Waals surface area contributed by atoms with Gasteiger partial charge < -0.3 is 0 Å². The molecule has 0 nitrogen and oxygen atoms in total. The lowest BCUT2D eigenvalue weighted by Gasteiger charge is -2.26. The summed E-state index contributed by atoms with van der Waals surface area (Å²) in [6, 6.07) is 10.8. The molecule has 0 aliphatic carbocycles. The molecule has 0 saturated carbocycles. The molecule has 15 heavy (non-hydrogen) atoms. The van der Waals surface area contributed by atoms with Crippen LogP contribution in [0.25, 0.3) is 0 Å². The van der Waals surface area contributed by atoms with Crippen molar-refractivity contribution in [2.75, 3.05) is 0 Å². The van der Waals surface area contributed by atoms with Gasteiger partial charge in [0.1, 0.15) is 0 Å². The van der Waals surface area contributed by atoms with Crippen LogP contribution >= 0.6 is 0 Å². The van der Waals surface area contributed by atoms with E-state index in [2.05, 4.69) is 51.1 Å². The predicted octanol–water partition coefficient (Wildman–Crippen LogP) is 4.84. The Bertz CT molecular complexity index is 257. The van der Waals surface area contributed by atoms with Gasteiger partial charge in [-0.25, -0.2) is 0 Å². The maximum atomic E-state index is 2.41. The Kier molecular flexibility index (Phi) is 4.87. The fraction of sp³-hybridized carbons (Fsp3) is 0.600. The van der Waals surface area contributed by atoms with Gasteiger partial charge in [-0.05, 0) is 30.2 Å². The van der Waals surface area contributed by atoms with E-state index in [0.29, 0.717) is 5.41 Å². The molecule has 0 heteroatoms. The summed E-state index contributed by atoms with van der Waals surface area (Å²) in [6.45, 7) is 7.04. The van der Waals surface area contributed by atoms with Crippen LogP contribution < -0.4 is 0 Å². The number of hydrogen-bond donors (Lipinski definition) is 0. The van der Waals surface area contributed by atoms with Crippen LogP contribution in [0.3, 0.4) is 0 Å². The van der Waals surface area contributed by atoms with Crippen molar-refractivity contribution in [2.45, 2.75) is 52.9 Å². The summed E-state index contributed by atoms with van der Waals surface area (Å²) in [5.74, 6) is 0. The summed E-state index contributed by atoms with van der Waals surface area (Å²) in [5, 5.41) is 0. The molecule has 0 heterocycles. The number of hydrogen-bond acceptors (Lipinski definition) is 0. The monoisotopic (exact) mass is 204 g/mol. The molecule has 0 saturated heterocycles. The lowest BCUT2D eigenvalue weighted by atomic mass is 9.80. The van der Waals surface area contributed by atoms with E-state index >= 15 is 0 Å². The second-order valence-electron chi connectivity index (χ2n) is 4.86. The van der Waals surface area contributed by atoms with E-state index in [1.54, 1.807) is 0 Å². The number of aryl methyl sites for hydroxylation is 1. The van der Waals surface area contributed by atoms with Crippen LogP contribution in [0.1, 0.15) is 52.0 Å². The van der Waals surface area contributed by atoms with Crippen molar-refractivity contribution in [3.63, 3.8) is 0 Å². The van der Waals surface area contributed by atoms with Crippen LogP contribution in [0.2, 0.25) is 0 Å². The molecule has 0 atom stereocenters. The molecular formula is C15H24. The molecule has 0 spiro atoms. The van der Waals surface area contributed by atoms with Crippen molar-refractivity contribution in [1.82, 2.24) is 0 Å². The zero-order valence-corrected chi connectivity index (χ0v) is 10.4. The van der Waals surface area contributed by atoms with Crippen molar-refractivity contribution in [2.24, 2.45) is 5.41 Å². The van der Waals surface area contributed by atoms with Crippen LogP contribution in [0, 0.1) is 5.41 Å². The van der Waals surface area contributed by atoms with E-state index < -0.39 is 0 Å². The summed E-state index contributed by atoms with van der Waals surface area (Å²) in [7, 11) is 0. The maximum Gasteiger partial charge on any atom is -0.0279 e. The molecule has 84 valence electrons. The van der Waals surface area contributed by atoms with Crippen LogP contribution in [0.4, 0.5) is 0 Å². The summed E-state index contributed by atoms with van der Waals surface area (Å²) in [6.07, 6.45) is 6.52. The summed E-state index contributed by atoms with van der Waals surface area (Å²) in [4.78, 5) is 0. The normalized spacial score (nSPS) is 11.7. The predicted molar refractivity (Wildman–Crippen MR) is 68.1 cm³/mol. The van der Waals surface area contributed by atoms with Crippen LogP contribution in [0.5, 0.6) is 0 Å². The average molecular weight is 204 g/mol. The van der Waals surface area contributed by atoms with Gasteiger partial charge in [-0.2, -0.15) is 0 Å². The summed E-state index contributed by atoms with van der Waals surface area (Å²) in [5.41, 5.74) is 2.04. The third-order valence-corrected chi connectivity index (χ3v) is 3.80. The standard InChI is InChI=1S/C15H24/c1-4-15(3,5-2)13-9-12-14-10-7-6-8-11-14/h6-8,10-11H,4-5,9,12-13H2,1-3H3. The Morgan fingerprint density at radius 1 is 1.00 bits per heavy atom. The van der Waals surface area contributed by atoms with Crippen LogP contribution in [0.15, 0.2) is 30.3 Å². The number of benzene rings is 1. The molecule has 0 aromatic heterocycles. The second kappa shape index (κ2) is 5.95. The lowest BCUT2D eigenvalue weighted by molar-refractivity contribution is 0.266. The molecular weight excluding hydrogens is 180 g/mol. The Hall–Kier alpha value is -0.780. The SMILES string of the molecule is CCC(C)(CC)CCCc1ccccc1. The first-order valence-corrected chi connectivity index (χ1v) is 6.24. The minimum absolute atomic E-state index is 0.564. The van der Waals surface area contributed by atoms with Crippen molar-refractivity contribution < 1.29 is 0 Å². The quantitative estimate of drug-likeness (QED) is 0.622. The Balaban J connectivity index is 2.33. The number of rotatable bonds is 6. The summed E-state index contributed by atoms with van der Waals surface area (Å²) >= 11 is 0. The van der Waals surface area contributed by atoms with Crippen molar-refractivity contribution in [3.8, 4) is 0 Å². The summed E-state index contributed by atoms with van der Waals surface area (Å²) < 4.78 is 0. The van der Waals surface area contributed by atoms with Gasteiger partial charge >= 0.3 is 0 Å². The fourth-order valence-corrected chi connectivity index (χ4v) is 1.97. The minimum Gasteiger partial charge on any atom is -0.0649 e. The average Bonchev–Trinajstić information content (AvgIpc) is 2.30. The van der Waals surface area contributed by atoms with Gasteiger partial charge in [0.2, 0.25) is 0 Å². The topological polar surface area (TPSA) is 0 Å². The molecule has 0 radical (unpaired) electrons. The van der Waals surface area contributed by atoms with Gasteiger partial charge in [-0.3, -0.25) is 0 Å². The third-order valence-electron chi connectivity index (χ3n) is 3.80. The van der Waals surface area contributed by atoms with E-state index in [1.807, 2.05) is 0 Å². The molecule has 0 N–H and O–H groups in total. The van der Waals surface area contributed by atoms with E-state index in [4.69, 9.17) is 0 Å². The van der Waals surface area contributed by atoms with E-state index in [0.717, 1.165) is 0 Å². The molecule has 0 fully saturated rings. The van der Waals surface area contributed by atoms with Gasteiger partial charge in [0, 0.05) is 0 Å². The van der Waals surface area contributed by atoms with Crippen molar-refractivity contribution in [1.29, 1.82) is 0 Å². The first-order valence-electron chi connectivity index (χ1n) is 6.24. The second-order valence-corrected chi connectivity index (χ2v) is 4.86. The van der Waals surface area contributed by atoms with E-state index in [1.165, 1.54) is 37.7 Å². The molecule has 0 aliphatic rings. The molecule has 1 aromatic rings. The highest BCUT2D eigenvalue weighted by Gasteiger charge is 2.18. The van der Waals surface area contributed by atoms with Crippen LogP contribution in [-0.4, -0.2) is 0 Å². The molecule has 0 bridgehead atoms. The molecule has 0 aliphatic heterocycles. The molecule has 0 amide bonds. The highest BCUT2D eigenvalue weighted by atomic mass is 14.2. The smallest absolute Gasteiger partial charge is 0.0279 e. The Morgan fingerprint density at radius 3 is 2.13 bits per heavy atom. The fourth-order valence-electron chi connectivity index (χ4n) is 1.97. The van der Waals surface area contributed by atoms with Gasteiger partial charge in [0.15, 0.2) is 0 Å².